The molecule has 32 heavy (non-hydrogen) atoms. The molecule has 2 aromatic heterocycles. The van der Waals surface area contributed by atoms with Gasteiger partial charge >= 0.3 is 5.78 Å². The van der Waals surface area contributed by atoms with Crippen molar-refractivity contribution in [2.75, 3.05) is 0 Å². The lowest BCUT2D eigenvalue weighted by atomic mass is 10.0. The first-order chi connectivity index (χ1) is 15.1. The van der Waals surface area contributed by atoms with Crippen molar-refractivity contribution in [2.45, 2.75) is 40.5 Å². The van der Waals surface area contributed by atoms with Gasteiger partial charge in [0, 0.05) is 22.6 Å². The third kappa shape index (κ3) is 3.36. The Morgan fingerprint density at radius 1 is 0.781 bits per heavy atom. The molecule has 0 saturated heterocycles. The van der Waals surface area contributed by atoms with E-state index in [9.17, 15) is 25.2 Å². The molecule has 0 saturated carbocycles. The molecule has 7 heteroatoms. The van der Waals surface area contributed by atoms with Gasteiger partial charge in [-0.1, -0.05) is 23.3 Å². The molecule has 0 aliphatic carbocycles. The Hall–Kier alpha value is -3.87. The third-order valence-corrected chi connectivity index (χ3v) is 5.41. The van der Waals surface area contributed by atoms with Gasteiger partial charge in [-0.05, 0) is 46.6 Å². The second-order valence-corrected chi connectivity index (χ2v) is 8.36. The first-order valence-corrected chi connectivity index (χ1v) is 10.2. The van der Waals surface area contributed by atoms with Crippen LogP contribution in [0.15, 0.2) is 49.1 Å². The zero-order chi connectivity index (χ0) is 23.3. The topological polar surface area (TPSA) is 124 Å². The van der Waals surface area contributed by atoms with E-state index in [1.54, 1.807) is 0 Å². The minimum Gasteiger partial charge on any atom is -0.507 e. The van der Waals surface area contributed by atoms with Crippen LogP contribution in [0.3, 0.4) is 0 Å². The van der Waals surface area contributed by atoms with Gasteiger partial charge in [0.25, 0.3) is 0 Å². The number of fused-ring (bicyclic) bond motifs is 4. The predicted molar refractivity (Wildman–Crippen MR) is 123 cm³/mol. The van der Waals surface area contributed by atoms with E-state index < -0.39 is 16.9 Å². The highest BCUT2D eigenvalue weighted by Crippen LogP contribution is 2.42. The normalized spacial score (nSPS) is 11.4. The maximum Gasteiger partial charge on any atom is 0.302 e. The maximum atomic E-state index is 13.4. The van der Waals surface area contributed by atoms with Gasteiger partial charge in [0.2, 0.25) is 5.43 Å². The van der Waals surface area contributed by atoms with Crippen molar-refractivity contribution in [3.63, 3.8) is 0 Å². The summed E-state index contributed by atoms with van der Waals surface area (Å²) >= 11 is 0. The lowest BCUT2D eigenvalue weighted by molar-refractivity contribution is 0.400. The van der Waals surface area contributed by atoms with Crippen molar-refractivity contribution < 1.29 is 29.3 Å². The Bertz CT molecular complexity index is 1510. The van der Waals surface area contributed by atoms with Gasteiger partial charge in [0.1, 0.15) is 27.9 Å². The Morgan fingerprint density at radius 2 is 1.38 bits per heavy atom. The van der Waals surface area contributed by atoms with Crippen LogP contribution in [0.2, 0.25) is 0 Å². The molecule has 0 aliphatic heterocycles. The maximum absolute atomic E-state index is 13.4. The van der Waals surface area contributed by atoms with E-state index in [4.69, 9.17) is 8.83 Å². The van der Waals surface area contributed by atoms with E-state index in [1.165, 1.54) is 6.07 Å². The first kappa shape index (κ1) is 21.4. The van der Waals surface area contributed by atoms with Crippen molar-refractivity contribution in [1.82, 2.24) is 0 Å². The fraction of sp³-hybridized carbons (Fsp3) is 0.240. The Morgan fingerprint density at radius 3 is 2.00 bits per heavy atom. The van der Waals surface area contributed by atoms with Gasteiger partial charge in [-0.3, -0.25) is 4.79 Å². The lowest BCUT2D eigenvalue weighted by Crippen LogP contribution is -2.03. The fourth-order valence-electron chi connectivity index (χ4n) is 3.76. The van der Waals surface area contributed by atoms with Gasteiger partial charge in [-0.15, -0.1) is 0 Å². The zero-order valence-corrected chi connectivity index (χ0v) is 18.2. The number of hydrogen-bond donors (Lipinski definition) is 4. The van der Waals surface area contributed by atoms with Crippen molar-refractivity contribution in [2.24, 2.45) is 0 Å². The molecule has 0 unspecified atom stereocenters. The molecule has 2 heterocycles. The number of allylic oxidation sites excluding steroid dienone is 4. The van der Waals surface area contributed by atoms with Crippen molar-refractivity contribution in [3.8, 4) is 23.0 Å². The monoisotopic (exact) mass is 436 g/mol. The number of rotatable bonds is 4. The summed E-state index contributed by atoms with van der Waals surface area (Å²) in [4.78, 5) is 13.4. The summed E-state index contributed by atoms with van der Waals surface area (Å²) in [6.45, 7) is 7.61. The zero-order valence-electron chi connectivity index (χ0n) is 18.2. The van der Waals surface area contributed by atoms with Crippen molar-refractivity contribution in [1.29, 1.82) is 0 Å². The van der Waals surface area contributed by atoms with Crippen LogP contribution in [0.1, 0.15) is 38.8 Å². The molecule has 4 aromatic rings. The smallest absolute Gasteiger partial charge is 0.302 e. The Balaban J connectivity index is 2.15. The Kier molecular flexibility index (Phi) is 5.12. The molecule has 4 rings (SSSR count). The molecule has 0 radical (unpaired) electrons. The van der Waals surface area contributed by atoms with Crippen LogP contribution in [0, 0.1) is 0 Å². The minimum atomic E-state index is -0.561. The van der Waals surface area contributed by atoms with Gasteiger partial charge in [-0.25, -0.2) is 0 Å². The number of aromatic hydroxyl groups is 4. The number of phenols is 4. The summed E-state index contributed by atoms with van der Waals surface area (Å²) < 4.78 is 11.8. The average Bonchev–Trinajstić information content (AvgIpc) is 3.05. The highest BCUT2D eigenvalue weighted by atomic mass is 16.5. The van der Waals surface area contributed by atoms with Crippen LogP contribution in [-0.4, -0.2) is 20.4 Å². The summed E-state index contributed by atoms with van der Waals surface area (Å²) in [5, 5.41) is 41.7. The van der Waals surface area contributed by atoms with E-state index in [-0.39, 0.29) is 57.4 Å². The van der Waals surface area contributed by atoms with E-state index in [1.807, 2.05) is 39.8 Å². The van der Waals surface area contributed by atoms with Crippen molar-refractivity contribution >= 4 is 33.1 Å². The van der Waals surface area contributed by atoms with Crippen LogP contribution in [0.25, 0.3) is 33.1 Å². The molecular formula is C25H24O7. The quantitative estimate of drug-likeness (QED) is 0.245. The highest BCUT2D eigenvalue weighted by molar-refractivity contribution is 6.09. The standard InChI is InChI=1S/C25H24O7/c1-11(2)5-7-13-16(26)10-17(27)20-22(30)19-15-9-18(28)21(29)14(8-6-12(3)4)23(15)31-25(19)32-24(13)20/h5-6,9-10,26-29H,7-8H2,1-4H3. The molecule has 0 aliphatic rings. The number of furan rings is 1. The average molecular weight is 436 g/mol. The molecule has 2 aromatic carbocycles. The molecule has 7 nitrogen and oxygen atoms in total. The SMILES string of the molecule is CC(C)=CCc1c(O)cc(O)c2c(=O)c3c(oc12)oc1c(CC=C(C)C)c(O)c(O)cc13. The molecule has 0 spiro atoms. The first-order valence-electron chi connectivity index (χ1n) is 10.2. The van der Waals surface area contributed by atoms with E-state index in [0.717, 1.165) is 17.2 Å². The van der Waals surface area contributed by atoms with Crippen LogP contribution in [0.4, 0.5) is 0 Å². The lowest BCUT2D eigenvalue weighted by Gasteiger charge is -2.08. The van der Waals surface area contributed by atoms with E-state index >= 15 is 0 Å². The largest absolute Gasteiger partial charge is 0.507 e. The number of phenolic OH excluding ortho intramolecular Hbond substituents is 4. The second kappa shape index (κ2) is 7.67. The molecule has 166 valence electrons. The number of hydrogen-bond acceptors (Lipinski definition) is 7. The summed E-state index contributed by atoms with van der Waals surface area (Å²) in [5.74, 6) is -1.47. The van der Waals surface area contributed by atoms with Crippen LogP contribution < -0.4 is 5.43 Å². The molecule has 0 bridgehead atoms. The molecular weight excluding hydrogens is 412 g/mol. The molecule has 4 N–H and O–H groups in total. The molecule has 0 amide bonds. The van der Waals surface area contributed by atoms with Crippen LogP contribution in [-0.2, 0) is 12.8 Å². The molecule has 0 atom stereocenters. The molecule has 0 fully saturated rings. The van der Waals surface area contributed by atoms with Gasteiger partial charge < -0.3 is 29.3 Å². The van der Waals surface area contributed by atoms with E-state index in [0.29, 0.717) is 11.1 Å². The minimum absolute atomic E-state index is 0.0239. The Labute approximate surface area is 183 Å². The van der Waals surface area contributed by atoms with Crippen LogP contribution >= 0.6 is 0 Å². The van der Waals surface area contributed by atoms with Crippen LogP contribution in [0.5, 0.6) is 23.0 Å². The second-order valence-electron chi connectivity index (χ2n) is 8.36. The fourth-order valence-corrected chi connectivity index (χ4v) is 3.76. The summed E-state index contributed by atoms with van der Waals surface area (Å²) in [5.41, 5.74) is 2.33. The van der Waals surface area contributed by atoms with Gasteiger partial charge in [0.15, 0.2) is 17.1 Å². The van der Waals surface area contributed by atoms with Gasteiger partial charge in [-0.2, -0.15) is 0 Å². The number of benzene rings is 2. The summed E-state index contributed by atoms with van der Waals surface area (Å²) in [6, 6.07) is 2.36. The predicted octanol–water partition coefficient (Wildman–Crippen LogP) is 5.53. The van der Waals surface area contributed by atoms with E-state index in [2.05, 4.69) is 0 Å². The summed E-state index contributed by atoms with van der Waals surface area (Å²) in [7, 11) is 0. The highest BCUT2D eigenvalue weighted by Gasteiger charge is 2.25. The van der Waals surface area contributed by atoms with Gasteiger partial charge in [0.05, 0.1) is 0 Å². The third-order valence-electron chi connectivity index (χ3n) is 5.41. The van der Waals surface area contributed by atoms with Crippen molar-refractivity contribution in [3.05, 3.63) is 56.8 Å². The summed E-state index contributed by atoms with van der Waals surface area (Å²) in [6.07, 6.45) is 4.27.